The lowest BCUT2D eigenvalue weighted by Crippen LogP contribution is -2.27. The highest BCUT2D eigenvalue weighted by Crippen LogP contribution is 2.26. The monoisotopic (exact) mass is 449 g/mol. The Morgan fingerprint density at radius 1 is 0.794 bits per heavy atom. The maximum Gasteiger partial charge on any atom is 0.278 e. The maximum atomic E-state index is 13.2. The zero-order valence-electron chi connectivity index (χ0n) is 18.6. The van der Waals surface area contributed by atoms with Gasteiger partial charge in [0.2, 0.25) is 0 Å². The fraction of sp³-hybridized carbons (Fsp3) is 0.0741. The number of rotatable bonds is 6. The number of nitrogens with zero attached hydrogens (tertiary/aromatic N) is 5. The summed E-state index contributed by atoms with van der Waals surface area (Å²) in [6.45, 7) is 0.299. The second kappa shape index (κ2) is 9.07. The van der Waals surface area contributed by atoms with Crippen LogP contribution in [-0.4, -0.2) is 42.5 Å². The van der Waals surface area contributed by atoms with Gasteiger partial charge < -0.3 is 10.0 Å². The van der Waals surface area contributed by atoms with E-state index < -0.39 is 0 Å². The predicted molar refractivity (Wildman–Crippen MR) is 130 cm³/mol. The molecule has 1 N–H and O–H groups in total. The lowest BCUT2D eigenvalue weighted by Gasteiger charge is -2.16. The van der Waals surface area contributed by atoms with Gasteiger partial charge in [-0.15, -0.1) is 0 Å². The van der Waals surface area contributed by atoms with Gasteiger partial charge in [0, 0.05) is 30.9 Å². The Morgan fingerprint density at radius 3 is 1.91 bits per heavy atom. The average molecular weight is 450 g/mol. The van der Waals surface area contributed by atoms with E-state index in [0.29, 0.717) is 6.54 Å². The van der Waals surface area contributed by atoms with E-state index >= 15 is 0 Å². The molecule has 5 aromatic rings. The molecule has 7 nitrogen and oxygen atoms in total. The lowest BCUT2D eigenvalue weighted by atomic mass is 10.1. The van der Waals surface area contributed by atoms with Gasteiger partial charge in [0.15, 0.2) is 11.4 Å². The molecular formula is C27H23N5O2. The van der Waals surface area contributed by atoms with Crippen molar-refractivity contribution in [2.24, 2.45) is 0 Å². The van der Waals surface area contributed by atoms with Crippen LogP contribution in [0.2, 0.25) is 0 Å². The van der Waals surface area contributed by atoms with Gasteiger partial charge in [0.25, 0.3) is 5.91 Å². The first kappa shape index (κ1) is 21.2. The van der Waals surface area contributed by atoms with Crippen LogP contribution >= 0.6 is 0 Å². The van der Waals surface area contributed by atoms with Crippen LogP contribution in [0.15, 0.2) is 103 Å². The van der Waals surface area contributed by atoms with E-state index in [-0.39, 0.29) is 17.4 Å². The molecule has 0 atom stereocenters. The highest BCUT2D eigenvalue weighted by Gasteiger charge is 2.23. The molecule has 0 fully saturated rings. The third-order valence-corrected chi connectivity index (χ3v) is 5.53. The number of benzene rings is 3. The zero-order chi connectivity index (χ0) is 23.5. The van der Waals surface area contributed by atoms with Crippen LogP contribution in [0.25, 0.3) is 22.6 Å². The molecule has 0 radical (unpaired) electrons. The molecule has 7 heteroatoms. The summed E-state index contributed by atoms with van der Waals surface area (Å²) in [6.07, 6.45) is 3.38. The summed E-state index contributed by atoms with van der Waals surface area (Å²) in [4.78, 5) is 14.7. The van der Waals surface area contributed by atoms with Gasteiger partial charge in [-0.3, -0.25) is 4.79 Å². The summed E-state index contributed by atoms with van der Waals surface area (Å²) in [5, 5.41) is 19.6. The Hall–Kier alpha value is -4.65. The van der Waals surface area contributed by atoms with Gasteiger partial charge in [-0.25, -0.2) is 9.36 Å². The molecule has 0 unspecified atom stereocenters. The topological polar surface area (TPSA) is 76.2 Å². The number of amides is 1. The molecule has 0 spiro atoms. The summed E-state index contributed by atoms with van der Waals surface area (Å²) in [6, 6.07) is 29.1. The van der Waals surface area contributed by atoms with E-state index in [2.05, 4.69) is 5.10 Å². The maximum absolute atomic E-state index is 13.2. The van der Waals surface area contributed by atoms with Crippen molar-refractivity contribution < 1.29 is 9.90 Å². The lowest BCUT2D eigenvalue weighted by molar-refractivity contribution is 0.0776. The van der Waals surface area contributed by atoms with Crippen molar-refractivity contribution in [3.05, 3.63) is 115 Å². The summed E-state index contributed by atoms with van der Waals surface area (Å²) >= 11 is 0. The summed E-state index contributed by atoms with van der Waals surface area (Å²) in [7, 11) is 1.69. The number of hydrogen-bond donors (Lipinski definition) is 1. The smallest absolute Gasteiger partial charge is 0.278 e. The van der Waals surface area contributed by atoms with Crippen LogP contribution < -0.4 is 0 Å². The first-order chi connectivity index (χ1) is 16.6. The van der Waals surface area contributed by atoms with Crippen LogP contribution in [0.4, 0.5) is 0 Å². The van der Waals surface area contributed by atoms with Gasteiger partial charge in [-0.05, 0) is 24.3 Å². The van der Waals surface area contributed by atoms with Crippen molar-refractivity contribution >= 4 is 5.91 Å². The molecular weight excluding hydrogens is 426 g/mol. The van der Waals surface area contributed by atoms with Crippen LogP contribution in [0.1, 0.15) is 16.1 Å². The van der Waals surface area contributed by atoms with Crippen molar-refractivity contribution in [1.82, 2.24) is 24.5 Å². The Kier molecular flexibility index (Phi) is 5.66. The molecule has 0 aliphatic heterocycles. The van der Waals surface area contributed by atoms with Crippen molar-refractivity contribution in [2.75, 3.05) is 7.05 Å². The average Bonchev–Trinajstić information content (AvgIpc) is 3.49. The van der Waals surface area contributed by atoms with Crippen molar-refractivity contribution in [2.45, 2.75) is 6.54 Å². The molecule has 34 heavy (non-hydrogen) atoms. The van der Waals surface area contributed by atoms with E-state index in [1.807, 2.05) is 102 Å². The minimum absolute atomic E-state index is 0.00284. The van der Waals surface area contributed by atoms with E-state index in [9.17, 15) is 9.90 Å². The Bertz CT molecular complexity index is 1410. The summed E-state index contributed by atoms with van der Waals surface area (Å²) in [5.74, 6) is -0.539. The second-order valence-electron chi connectivity index (χ2n) is 7.95. The first-order valence-electron chi connectivity index (χ1n) is 10.9. The molecule has 0 bridgehead atoms. The van der Waals surface area contributed by atoms with Crippen molar-refractivity contribution in [1.29, 1.82) is 0 Å². The number of aromatic nitrogens is 4. The van der Waals surface area contributed by atoms with Crippen molar-refractivity contribution in [3.8, 4) is 28.4 Å². The van der Waals surface area contributed by atoms with E-state index in [4.69, 9.17) is 5.10 Å². The Labute approximate surface area is 197 Å². The van der Waals surface area contributed by atoms with Crippen LogP contribution in [0, 0.1) is 0 Å². The van der Waals surface area contributed by atoms with Gasteiger partial charge >= 0.3 is 0 Å². The second-order valence-corrected chi connectivity index (χ2v) is 7.95. The molecule has 2 heterocycles. The van der Waals surface area contributed by atoms with E-state index in [1.54, 1.807) is 7.05 Å². The van der Waals surface area contributed by atoms with Gasteiger partial charge in [0.1, 0.15) is 0 Å². The minimum Gasteiger partial charge on any atom is -0.504 e. The molecule has 0 aliphatic rings. The quantitative estimate of drug-likeness (QED) is 0.408. The predicted octanol–water partition coefficient (Wildman–Crippen LogP) is 4.70. The van der Waals surface area contributed by atoms with E-state index in [1.165, 1.54) is 15.8 Å². The SMILES string of the molecule is CN(Cc1cn(-c2ccccc2)nc1-c1ccccc1)C(=O)c1nn(-c2ccccc2)cc1O. The zero-order valence-corrected chi connectivity index (χ0v) is 18.6. The standard InChI is InChI=1S/C27H23N5O2/c1-30(27(34)26-24(33)19-32(29-26)23-15-9-4-10-16-23)17-21-18-31(22-13-7-3-8-14-22)28-25(21)20-11-5-2-6-12-20/h2-16,18-19,33H,17H2,1H3. The number of para-hydroxylation sites is 2. The molecule has 2 aromatic heterocycles. The number of carbonyl (C=O) groups excluding carboxylic acids is 1. The molecule has 0 saturated carbocycles. The van der Waals surface area contributed by atoms with Gasteiger partial charge in [-0.2, -0.15) is 10.2 Å². The Balaban J connectivity index is 1.45. The number of aromatic hydroxyl groups is 1. The summed E-state index contributed by atoms with van der Waals surface area (Å²) < 4.78 is 3.32. The van der Waals surface area contributed by atoms with Gasteiger partial charge in [-0.1, -0.05) is 66.7 Å². The fourth-order valence-electron chi connectivity index (χ4n) is 3.82. The highest BCUT2D eigenvalue weighted by atomic mass is 16.3. The Morgan fingerprint density at radius 2 is 1.32 bits per heavy atom. The molecule has 0 aliphatic carbocycles. The third-order valence-electron chi connectivity index (χ3n) is 5.53. The third kappa shape index (κ3) is 4.19. The molecule has 0 saturated heterocycles. The molecule has 1 amide bonds. The fourth-order valence-corrected chi connectivity index (χ4v) is 3.82. The first-order valence-corrected chi connectivity index (χ1v) is 10.9. The normalized spacial score (nSPS) is 10.9. The molecule has 168 valence electrons. The van der Waals surface area contributed by atoms with Gasteiger partial charge in [0.05, 0.1) is 23.3 Å². The molecule has 5 rings (SSSR count). The largest absolute Gasteiger partial charge is 0.504 e. The van der Waals surface area contributed by atoms with Crippen molar-refractivity contribution in [3.63, 3.8) is 0 Å². The van der Waals surface area contributed by atoms with Crippen LogP contribution in [-0.2, 0) is 6.54 Å². The molecule has 3 aromatic carbocycles. The van der Waals surface area contributed by atoms with Crippen LogP contribution in [0.5, 0.6) is 5.75 Å². The van der Waals surface area contributed by atoms with Crippen LogP contribution in [0.3, 0.4) is 0 Å². The summed E-state index contributed by atoms with van der Waals surface area (Å²) in [5.41, 5.74) is 4.33. The minimum atomic E-state index is -0.376. The number of carbonyl (C=O) groups is 1. The van der Waals surface area contributed by atoms with E-state index in [0.717, 1.165) is 28.2 Å². The number of hydrogen-bond acceptors (Lipinski definition) is 4. The highest BCUT2D eigenvalue weighted by molar-refractivity contribution is 5.94.